The number of hydrogen-bond acceptors (Lipinski definition) is 2. The molecule has 2 nitrogen and oxygen atoms in total. The van der Waals surface area contributed by atoms with Crippen LogP contribution in [0.15, 0.2) is 0 Å². The quantitative estimate of drug-likeness (QED) is 0.572. The predicted molar refractivity (Wildman–Crippen MR) is 41.3 cm³/mol. The van der Waals surface area contributed by atoms with Crippen LogP contribution in [0, 0.1) is 5.92 Å². The van der Waals surface area contributed by atoms with Gasteiger partial charge in [0, 0.05) is 5.92 Å². The van der Waals surface area contributed by atoms with Gasteiger partial charge in [-0.3, -0.25) is 4.79 Å². The Morgan fingerprint density at radius 3 is 2.73 bits per heavy atom. The molecule has 0 N–H and O–H groups in total. The molecule has 0 spiro atoms. The minimum Gasteiger partial charge on any atom is -0.374 e. The highest BCUT2D eigenvalue weighted by atomic mass is 16.5. The lowest BCUT2D eigenvalue weighted by atomic mass is 9.92. The van der Waals surface area contributed by atoms with Crippen molar-refractivity contribution in [1.29, 1.82) is 0 Å². The van der Waals surface area contributed by atoms with E-state index in [2.05, 4.69) is 0 Å². The average Bonchev–Trinajstić information content (AvgIpc) is 2.32. The first-order chi connectivity index (χ1) is 5.27. The van der Waals surface area contributed by atoms with E-state index in [-0.39, 0.29) is 12.0 Å². The van der Waals surface area contributed by atoms with Gasteiger partial charge in [-0.25, -0.2) is 0 Å². The van der Waals surface area contributed by atoms with Gasteiger partial charge in [-0.15, -0.1) is 0 Å². The van der Waals surface area contributed by atoms with Crippen molar-refractivity contribution in [2.75, 3.05) is 0 Å². The van der Waals surface area contributed by atoms with E-state index in [4.69, 9.17) is 4.74 Å². The van der Waals surface area contributed by atoms with Crippen molar-refractivity contribution in [2.45, 2.75) is 44.8 Å². The van der Waals surface area contributed by atoms with Crippen LogP contribution in [0.5, 0.6) is 0 Å². The SMILES string of the molecule is CC(=O)C1CCC2CCC1O2. The lowest BCUT2D eigenvalue weighted by molar-refractivity contribution is -0.129. The topological polar surface area (TPSA) is 26.3 Å². The summed E-state index contributed by atoms with van der Waals surface area (Å²) < 4.78 is 5.65. The van der Waals surface area contributed by atoms with Gasteiger partial charge in [0.2, 0.25) is 0 Å². The molecule has 2 rings (SSSR count). The molecule has 3 unspecified atom stereocenters. The number of rotatable bonds is 1. The second-order valence-corrected chi connectivity index (χ2v) is 3.67. The summed E-state index contributed by atoms with van der Waals surface area (Å²) in [6, 6.07) is 0. The van der Waals surface area contributed by atoms with Crippen molar-refractivity contribution >= 4 is 5.78 Å². The number of carbonyl (C=O) groups is 1. The van der Waals surface area contributed by atoms with E-state index in [0.717, 1.165) is 19.3 Å². The van der Waals surface area contributed by atoms with Crippen LogP contribution in [0.3, 0.4) is 0 Å². The summed E-state index contributed by atoms with van der Waals surface area (Å²) in [5.74, 6) is 0.532. The first-order valence-electron chi connectivity index (χ1n) is 4.43. The summed E-state index contributed by atoms with van der Waals surface area (Å²) in [5, 5.41) is 0. The smallest absolute Gasteiger partial charge is 0.135 e. The molecule has 2 bridgehead atoms. The van der Waals surface area contributed by atoms with Crippen LogP contribution in [0.2, 0.25) is 0 Å². The molecule has 2 aliphatic rings. The first kappa shape index (κ1) is 7.29. The normalized spacial score (nSPS) is 42.5. The van der Waals surface area contributed by atoms with Gasteiger partial charge in [0.25, 0.3) is 0 Å². The highest BCUT2D eigenvalue weighted by Gasteiger charge is 2.38. The highest BCUT2D eigenvalue weighted by molar-refractivity contribution is 5.79. The van der Waals surface area contributed by atoms with Gasteiger partial charge in [0.05, 0.1) is 12.2 Å². The van der Waals surface area contributed by atoms with Crippen molar-refractivity contribution < 1.29 is 9.53 Å². The molecule has 2 fully saturated rings. The van der Waals surface area contributed by atoms with Gasteiger partial charge in [0.1, 0.15) is 5.78 Å². The highest BCUT2D eigenvalue weighted by Crippen LogP contribution is 2.36. The Hall–Kier alpha value is -0.370. The van der Waals surface area contributed by atoms with Gasteiger partial charge in [0.15, 0.2) is 0 Å². The molecule has 2 saturated heterocycles. The van der Waals surface area contributed by atoms with Crippen molar-refractivity contribution in [3.05, 3.63) is 0 Å². The molecule has 2 aliphatic heterocycles. The van der Waals surface area contributed by atoms with Crippen LogP contribution >= 0.6 is 0 Å². The Bertz CT molecular complexity index is 176. The van der Waals surface area contributed by atoms with Gasteiger partial charge >= 0.3 is 0 Å². The molecule has 62 valence electrons. The Labute approximate surface area is 66.9 Å². The number of Topliss-reactive ketones (excluding diaryl/α,β-unsaturated/α-hetero) is 1. The first-order valence-corrected chi connectivity index (χ1v) is 4.43. The molecule has 3 atom stereocenters. The van der Waals surface area contributed by atoms with Crippen LogP contribution in [0.1, 0.15) is 32.6 Å². The Kier molecular flexibility index (Phi) is 1.72. The van der Waals surface area contributed by atoms with Gasteiger partial charge < -0.3 is 4.74 Å². The zero-order chi connectivity index (χ0) is 7.84. The van der Waals surface area contributed by atoms with Gasteiger partial charge in [-0.1, -0.05) is 0 Å². The summed E-state index contributed by atoms with van der Waals surface area (Å²) in [7, 11) is 0. The second kappa shape index (κ2) is 2.59. The lowest BCUT2D eigenvalue weighted by Gasteiger charge is -2.27. The third-order valence-electron chi connectivity index (χ3n) is 2.91. The van der Waals surface area contributed by atoms with Crippen LogP contribution in [-0.2, 0) is 9.53 Å². The zero-order valence-corrected chi connectivity index (χ0v) is 6.88. The molecule has 0 aliphatic carbocycles. The second-order valence-electron chi connectivity index (χ2n) is 3.67. The Morgan fingerprint density at radius 2 is 2.00 bits per heavy atom. The Balaban J connectivity index is 2.07. The van der Waals surface area contributed by atoms with Crippen LogP contribution in [0.4, 0.5) is 0 Å². The van der Waals surface area contributed by atoms with E-state index in [1.54, 1.807) is 6.92 Å². The lowest BCUT2D eigenvalue weighted by Crippen LogP contribution is -2.31. The van der Waals surface area contributed by atoms with E-state index < -0.39 is 0 Å². The maximum absolute atomic E-state index is 11.1. The number of hydrogen-bond donors (Lipinski definition) is 0. The molecular weight excluding hydrogens is 140 g/mol. The van der Waals surface area contributed by atoms with Crippen molar-refractivity contribution in [3.63, 3.8) is 0 Å². The van der Waals surface area contributed by atoms with E-state index >= 15 is 0 Å². The fourth-order valence-corrected chi connectivity index (χ4v) is 2.26. The van der Waals surface area contributed by atoms with Crippen LogP contribution in [-0.4, -0.2) is 18.0 Å². The number of ketones is 1. The maximum atomic E-state index is 11.1. The molecule has 11 heavy (non-hydrogen) atoms. The molecule has 0 amide bonds. The standard InChI is InChI=1S/C9H14O2/c1-6(10)8-4-2-7-3-5-9(8)11-7/h7-9H,2-5H2,1H3. The minimum atomic E-state index is 0.216. The molecule has 0 radical (unpaired) electrons. The van der Waals surface area contributed by atoms with E-state index in [1.807, 2.05) is 0 Å². The molecule has 2 heterocycles. The summed E-state index contributed by atoms with van der Waals surface area (Å²) in [6.07, 6.45) is 5.19. The fourth-order valence-electron chi connectivity index (χ4n) is 2.26. The third-order valence-corrected chi connectivity index (χ3v) is 2.91. The zero-order valence-electron chi connectivity index (χ0n) is 6.88. The Morgan fingerprint density at radius 1 is 1.27 bits per heavy atom. The van der Waals surface area contributed by atoms with Gasteiger partial charge in [-0.2, -0.15) is 0 Å². The third kappa shape index (κ3) is 1.20. The number of carbonyl (C=O) groups excluding carboxylic acids is 1. The summed E-state index contributed by atoms with van der Waals surface area (Å²) in [5.41, 5.74) is 0. The average molecular weight is 154 g/mol. The van der Waals surface area contributed by atoms with Crippen LogP contribution in [0.25, 0.3) is 0 Å². The fraction of sp³-hybridized carbons (Fsp3) is 0.889. The number of fused-ring (bicyclic) bond motifs is 2. The summed E-state index contributed by atoms with van der Waals surface area (Å²) in [6.45, 7) is 1.69. The van der Waals surface area contributed by atoms with E-state index in [9.17, 15) is 4.79 Å². The van der Waals surface area contributed by atoms with Gasteiger partial charge in [-0.05, 0) is 32.6 Å². The molecule has 0 aromatic heterocycles. The van der Waals surface area contributed by atoms with Crippen molar-refractivity contribution in [3.8, 4) is 0 Å². The molecule has 0 aromatic carbocycles. The summed E-state index contributed by atoms with van der Waals surface area (Å²) >= 11 is 0. The maximum Gasteiger partial charge on any atom is 0.135 e. The van der Waals surface area contributed by atoms with E-state index in [0.29, 0.717) is 11.9 Å². The van der Waals surface area contributed by atoms with Crippen molar-refractivity contribution in [2.24, 2.45) is 5.92 Å². The molecule has 0 saturated carbocycles. The molecular formula is C9H14O2. The van der Waals surface area contributed by atoms with Crippen LogP contribution < -0.4 is 0 Å². The molecule has 0 aromatic rings. The largest absolute Gasteiger partial charge is 0.374 e. The van der Waals surface area contributed by atoms with Crippen molar-refractivity contribution in [1.82, 2.24) is 0 Å². The van der Waals surface area contributed by atoms with E-state index in [1.165, 1.54) is 6.42 Å². The number of ether oxygens (including phenoxy) is 1. The summed E-state index contributed by atoms with van der Waals surface area (Å²) in [4.78, 5) is 11.1. The minimum absolute atomic E-state index is 0.216. The molecule has 2 heteroatoms. The monoisotopic (exact) mass is 154 g/mol. The predicted octanol–water partition coefficient (Wildman–Crippen LogP) is 1.53.